The number of rotatable bonds is 2. The third kappa shape index (κ3) is 1.91. The van der Waals surface area contributed by atoms with Crippen molar-refractivity contribution in [1.82, 2.24) is 19.5 Å². The summed E-state index contributed by atoms with van der Waals surface area (Å²) in [4.78, 5) is 22.5. The Kier molecular flexibility index (Phi) is 2.82. The Labute approximate surface area is 110 Å². The Morgan fingerprint density at radius 1 is 1.58 bits per heavy atom. The lowest BCUT2D eigenvalue weighted by atomic mass is 10.1. The molecule has 1 aliphatic carbocycles. The maximum Gasteiger partial charge on any atom is 0.279 e. The van der Waals surface area contributed by atoms with Crippen LogP contribution >= 0.6 is 0 Å². The van der Waals surface area contributed by atoms with Gasteiger partial charge in [-0.25, -0.2) is 9.97 Å². The first-order valence-electron chi connectivity index (χ1n) is 6.60. The van der Waals surface area contributed by atoms with Crippen LogP contribution in [0.2, 0.25) is 0 Å². The molecular formula is C13H15N5O. The van der Waals surface area contributed by atoms with E-state index < -0.39 is 0 Å². The van der Waals surface area contributed by atoms with Gasteiger partial charge in [-0.1, -0.05) is 13.3 Å². The number of imidazole rings is 1. The minimum Gasteiger partial charge on any atom is -0.312 e. The fraction of sp³-hybridized carbons (Fsp3) is 0.538. The van der Waals surface area contributed by atoms with Crippen molar-refractivity contribution in [3.8, 4) is 6.07 Å². The van der Waals surface area contributed by atoms with Gasteiger partial charge >= 0.3 is 0 Å². The maximum atomic E-state index is 11.8. The molecular weight excluding hydrogens is 242 g/mol. The van der Waals surface area contributed by atoms with E-state index in [1.807, 2.05) is 10.6 Å². The average Bonchev–Trinajstić information content (AvgIpc) is 3.04. The van der Waals surface area contributed by atoms with Crippen molar-refractivity contribution in [2.24, 2.45) is 5.92 Å². The molecule has 0 bridgehead atoms. The summed E-state index contributed by atoms with van der Waals surface area (Å²) in [5, 5.41) is 8.88. The molecule has 3 rings (SSSR count). The van der Waals surface area contributed by atoms with E-state index in [1.165, 1.54) is 12.8 Å². The zero-order valence-corrected chi connectivity index (χ0v) is 10.8. The molecule has 1 fully saturated rings. The Morgan fingerprint density at radius 3 is 3.11 bits per heavy atom. The molecule has 2 atom stereocenters. The van der Waals surface area contributed by atoms with Gasteiger partial charge in [0.25, 0.3) is 5.56 Å². The van der Waals surface area contributed by atoms with E-state index in [2.05, 4.69) is 21.9 Å². The quantitative estimate of drug-likeness (QED) is 0.887. The molecule has 0 radical (unpaired) electrons. The van der Waals surface area contributed by atoms with Crippen LogP contribution in [0.15, 0.2) is 11.1 Å². The van der Waals surface area contributed by atoms with Crippen molar-refractivity contribution in [3.05, 3.63) is 22.5 Å². The van der Waals surface area contributed by atoms with Crippen LogP contribution in [0, 0.1) is 17.2 Å². The monoisotopic (exact) mass is 257 g/mol. The van der Waals surface area contributed by atoms with Gasteiger partial charge in [0, 0.05) is 6.04 Å². The molecule has 0 aliphatic heterocycles. The highest BCUT2D eigenvalue weighted by atomic mass is 16.1. The van der Waals surface area contributed by atoms with Crippen molar-refractivity contribution in [3.63, 3.8) is 0 Å². The van der Waals surface area contributed by atoms with Gasteiger partial charge in [-0.05, 0) is 25.2 Å². The lowest BCUT2D eigenvalue weighted by Crippen LogP contribution is -2.12. The molecule has 1 N–H and O–H groups in total. The predicted molar refractivity (Wildman–Crippen MR) is 69.5 cm³/mol. The summed E-state index contributed by atoms with van der Waals surface area (Å²) < 4.78 is 1.96. The van der Waals surface area contributed by atoms with Crippen molar-refractivity contribution in [2.75, 3.05) is 0 Å². The molecule has 0 saturated heterocycles. The zero-order chi connectivity index (χ0) is 13.4. The minimum atomic E-state index is -0.342. The van der Waals surface area contributed by atoms with Gasteiger partial charge in [0.05, 0.1) is 6.33 Å². The first kappa shape index (κ1) is 11.9. The molecule has 19 heavy (non-hydrogen) atoms. The summed E-state index contributed by atoms with van der Waals surface area (Å²) in [5.74, 6) is 0.782. The summed E-state index contributed by atoms with van der Waals surface area (Å²) in [6, 6.07) is 2.22. The fourth-order valence-corrected chi connectivity index (χ4v) is 2.92. The molecule has 0 amide bonds. The molecule has 2 aromatic heterocycles. The molecule has 98 valence electrons. The van der Waals surface area contributed by atoms with Gasteiger partial charge in [0.15, 0.2) is 11.2 Å². The molecule has 1 saturated carbocycles. The maximum absolute atomic E-state index is 11.8. The number of fused-ring (bicyclic) bond motifs is 1. The summed E-state index contributed by atoms with van der Waals surface area (Å²) in [6.07, 6.45) is 6.24. The summed E-state index contributed by atoms with van der Waals surface area (Å²) in [5.41, 5.74) is 0.506. The van der Waals surface area contributed by atoms with E-state index in [-0.39, 0.29) is 11.4 Å². The third-order valence-electron chi connectivity index (χ3n) is 4.02. The van der Waals surface area contributed by atoms with E-state index >= 15 is 0 Å². The van der Waals surface area contributed by atoms with Gasteiger partial charge in [-0.15, -0.1) is 0 Å². The predicted octanol–water partition coefficient (Wildman–Crippen LogP) is 1.74. The van der Waals surface area contributed by atoms with E-state index in [1.54, 1.807) is 6.33 Å². The molecule has 2 unspecified atom stereocenters. The number of aromatic nitrogens is 4. The van der Waals surface area contributed by atoms with Gasteiger partial charge in [-0.2, -0.15) is 5.26 Å². The number of nitrogens with zero attached hydrogens (tertiary/aromatic N) is 4. The van der Waals surface area contributed by atoms with Crippen LogP contribution in [0.1, 0.15) is 44.5 Å². The van der Waals surface area contributed by atoms with Crippen LogP contribution in [-0.2, 0) is 0 Å². The Morgan fingerprint density at radius 2 is 2.42 bits per heavy atom. The van der Waals surface area contributed by atoms with E-state index in [9.17, 15) is 4.79 Å². The highest BCUT2D eigenvalue weighted by Crippen LogP contribution is 2.37. The van der Waals surface area contributed by atoms with Crippen LogP contribution in [-0.4, -0.2) is 19.5 Å². The Hall–Kier alpha value is -2.16. The smallest absolute Gasteiger partial charge is 0.279 e. The number of nitrogens with one attached hydrogen (secondary N) is 1. The molecule has 6 heteroatoms. The highest BCUT2D eigenvalue weighted by molar-refractivity contribution is 5.69. The lowest BCUT2D eigenvalue weighted by Gasteiger charge is -2.12. The number of hydrogen-bond donors (Lipinski definition) is 1. The molecule has 1 aliphatic rings. The van der Waals surface area contributed by atoms with Gasteiger partial charge in [0.2, 0.25) is 5.82 Å². The van der Waals surface area contributed by atoms with E-state index in [4.69, 9.17) is 5.26 Å². The topological polar surface area (TPSA) is 87.4 Å². The van der Waals surface area contributed by atoms with Crippen molar-refractivity contribution in [1.29, 1.82) is 5.26 Å². The highest BCUT2D eigenvalue weighted by Gasteiger charge is 2.26. The molecule has 0 spiro atoms. The van der Waals surface area contributed by atoms with Gasteiger partial charge in [-0.3, -0.25) is 9.78 Å². The second-order valence-electron chi connectivity index (χ2n) is 5.09. The number of hydrogen-bond acceptors (Lipinski definition) is 4. The lowest BCUT2D eigenvalue weighted by molar-refractivity contribution is 0.473. The Balaban J connectivity index is 2.08. The molecule has 2 aromatic rings. The molecule has 6 nitrogen and oxygen atoms in total. The summed E-state index contributed by atoms with van der Waals surface area (Å²) >= 11 is 0. The van der Waals surface area contributed by atoms with Crippen LogP contribution in [0.25, 0.3) is 11.2 Å². The normalized spacial score (nSPS) is 22.7. The van der Waals surface area contributed by atoms with Gasteiger partial charge < -0.3 is 4.57 Å². The van der Waals surface area contributed by atoms with E-state index in [0.717, 1.165) is 18.8 Å². The summed E-state index contributed by atoms with van der Waals surface area (Å²) in [7, 11) is 0. The SMILES string of the molecule is CCC1CCC(n2cnc3c(=O)[nH]c(C#N)nc32)C1. The van der Waals surface area contributed by atoms with E-state index in [0.29, 0.717) is 17.2 Å². The second-order valence-corrected chi connectivity index (χ2v) is 5.09. The van der Waals surface area contributed by atoms with Gasteiger partial charge in [0.1, 0.15) is 6.07 Å². The first-order chi connectivity index (χ1) is 9.22. The van der Waals surface area contributed by atoms with Crippen LogP contribution in [0.4, 0.5) is 0 Å². The molecule has 2 heterocycles. The third-order valence-corrected chi connectivity index (χ3v) is 4.02. The largest absolute Gasteiger partial charge is 0.312 e. The summed E-state index contributed by atoms with van der Waals surface area (Å²) in [6.45, 7) is 2.20. The Bertz CT molecular complexity index is 708. The number of nitriles is 1. The standard InChI is InChI=1S/C13H15N5O/c1-2-8-3-4-9(5-8)18-7-15-11-12(18)16-10(6-14)17-13(11)19/h7-9H,2-5H2,1H3,(H,16,17,19). The second kappa shape index (κ2) is 4.50. The van der Waals surface area contributed by atoms with Crippen molar-refractivity contribution < 1.29 is 0 Å². The fourth-order valence-electron chi connectivity index (χ4n) is 2.92. The molecule has 0 aromatic carbocycles. The van der Waals surface area contributed by atoms with Crippen LogP contribution < -0.4 is 5.56 Å². The zero-order valence-electron chi connectivity index (χ0n) is 10.8. The minimum absolute atomic E-state index is 0.0456. The van der Waals surface area contributed by atoms with Crippen LogP contribution in [0.5, 0.6) is 0 Å². The number of aromatic amines is 1. The van der Waals surface area contributed by atoms with Crippen molar-refractivity contribution in [2.45, 2.75) is 38.6 Å². The van der Waals surface area contributed by atoms with Crippen LogP contribution in [0.3, 0.4) is 0 Å². The average molecular weight is 257 g/mol. The number of H-pyrrole nitrogens is 1. The first-order valence-corrected chi connectivity index (χ1v) is 6.60. The van der Waals surface area contributed by atoms with Crippen molar-refractivity contribution >= 4 is 11.2 Å².